The van der Waals surface area contributed by atoms with Gasteiger partial charge in [0.15, 0.2) is 0 Å². The Kier molecular flexibility index (Phi) is 14.2. The van der Waals surface area contributed by atoms with Gasteiger partial charge >= 0.3 is 5.97 Å². The van der Waals surface area contributed by atoms with Crippen molar-refractivity contribution < 1.29 is 34.1 Å². The Morgan fingerprint density at radius 3 is 1.83 bits per heavy atom. The molecule has 6 aromatic rings. The Morgan fingerprint density at radius 2 is 1.27 bits per heavy atom. The summed E-state index contributed by atoms with van der Waals surface area (Å²) in [7, 11) is 0. The molecule has 6 rings (SSSR count). The molecule has 0 unspecified atom stereocenters. The number of H-pyrrole nitrogens is 1. The number of nitrogens with one attached hydrogen (secondary N) is 1. The number of phenolic OH excluding ortho intramolecular Hbond substituents is 2. The largest absolute Gasteiger partial charge is 0.507 e. The van der Waals surface area contributed by atoms with Crippen molar-refractivity contribution >= 4 is 87.1 Å². The van der Waals surface area contributed by atoms with E-state index in [0.29, 0.717) is 18.1 Å². The highest BCUT2D eigenvalue weighted by Gasteiger charge is 2.32. The average Bonchev–Trinajstić information content (AvgIpc) is 4.00. The monoisotopic (exact) mass is 936 g/mol. The number of ketones is 2. The zero-order chi connectivity index (χ0) is 43.4. The summed E-state index contributed by atoms with van der Waals surface area (Å²) in [5, 5.41) is 37.7. The van der Waals surface area contributed by atoms with E-state index >= 15 is 0 Å². The highest BCUT2D eigenvalue weighted by Crippen LogP contribution is 2.42. The number of halogens is 6. The number of phenols is 2. The first-order valence-electron chi connectivity index (χ1n) is 18.2. The molecule has 0 atom stereocenters. The van der Waals surface area contributed by atoms with E-state index in [2.05, 4.69) is 32.2 Å². The number of nitrogens with zero attached hydrogens (tertiary/aromatic N) is 7. The number of carbonyl (C=O) groups excluding carboxylic acids is 3. The van der Waals surface area contributed by atoms with Gasteiger partial charge in [-0.1, -0.05) is 113 Å². The second-order valence-corrected chi connectivity index (χ2v) is 15.6. The van der Waals surface area contributed by atoms with Gasteiger partial charge in [0.05, 0.1) is 69.7 Å². The van der Waals surface area contributed by atoms with Gasteiger partial charge in [0, 0.05) is 11.1 Å². The van der Waals surface area contributed by atoms with Crippen molar-refractivity contribution in [2.75, 3.05) is 13.2 Å². The Morgan fingerprint density at radius 1 is 0.733 bits per heavy atom. The van der Waals surface area contributed by atoms with Crippen LogP contribution in [-0.2, 0) is 27.4 Å². The van der Waals surface area contributed by atoms with Gasteiger partial charge in [-0.3, -0.25) is 19.0 Å². The first-order chi connectivity index (χ1) is 28.6. The predicted molar refractivity (Wildman–Crippen MR) is 227 cm³/mol. The number of aromatic nitrogens is 8. The van der Waals surface area contributed by atoms with Crippen molar-refractivity contribution in [3.63, 3.8) is 0 Å². The average molecular weight is 939 g/mol. The van der Waals surface area contributed by atoms with Gasteiger partial charge < -0.3 is 24.7 Å². The van der Waals surface area contributed by atoms with Gasteiger partial charge in [-0.25, -0.2) is 9.36 Å². The number of carbonyl (C=O) groups is 3. The van der Waals surface area contributed by atoms with Crippen molar-refractivity contribution in [3.8, 4) is 39.7 Å². The van der Waals surface area contributed by atoms with Crippen LogP contribution in [0.25, 0.3) is 28.2 Å². The summed E-state index contributed by atoms with van der Waals surface area (Å²) in [5.74, 6) is -2.74. The number of allylic oxidation sites excluding steroid dienone is 1. The van der Waals surface area contributed by atoms with Crippen LogP contribution in [0.15, 0.2) is 55.1 Å². The summed E-state index contributed by atoms with van der Waals surface area (Å²) < 4.78 is 14.6. The summed E-state index contributed by atoms with van der Waals surface area (Å²) in [6, 6.07) is 6.08. The molecule has 314 valence electrons. The molecule has 2 aromatic carbocycles. The molecule has 3 N–H and O–H groups in total. The van der Waals surface area contributed by atoms with E-state index in [1.807, 2.05) is 13.8 Å². The Labute approximate surface area is 372 Å². The molecule has 0 aliphatic carbocycles. The normalized spacial score (nSPS) is 11.3. The fourth-order valence-electron chi connectivity index (χ4n) is 5.90. The number of unbranched alkanes of at least 4 members (excludes halogenated alkanes) is 2. The van der Waals surface area contributed by atoms with E-state index in [0.717, 1.165) is 30.3 Å². The van der Waals surface area contributed by atoms with Crippen molar-refractivity contribution in [1.29, 1.82) is 0 Å². The third-order valence-corrected chi connectivity index (χ3v) is 11.1. The van der Waals surface area contributed by atoms with E-state index < -0.39 is 29.0 Å². The molecule has 0 bridgehead atoms. The second kappa shape index (κ2) is 19.1. The molecule has 15 nitrogen and oxygen atoms in total. The standard InChI is InChI=1S/C39H34Cl6N8O7/c1-4-6-8-59-19(3)15-51-16-27(47-49-51)20-12-30(54)22(10-24(20)40)36(57)29-14-26(42)39(45)53(29)35-33(43)38(44)46-34(35)37(58)23-11-25(41)21(13-31(23)55)28-17-52(50-48-28)18-32(56)60-9-7-5-2/h10-14,16-17,46,54-55H,3-9,15,18H2,1-2H3. The number of ether oxygens (including phenoxy) is 2. The SMILES string of the molecule is C=C(Cn1cc(-c2cc(O)c(C(=O)c3cc(Cl)c(Cl)n3-c3c(C(=O)c4cc(Cl)c(-c5cn(CC(=O)OCCCC)nn5)cc4O)[nH]c(Cl)c3Cl)cc2Cl)nn1)OCCCC. The number of rotatable bonds is 18. The first-order valence-corrected chi connectivity index (χ1v) is 20.5. The lowest BCUT2D eigenvalue weighted by Gasteiger charge is -2.14. The van der Waals surface area contributed by atoms with Gasteiger partial charge in [-0.2, -0.15) is 0 Å². The number of aromatic hydroxyl groups is 2. The molecule has 0 aliphatic rings. The number of aromatic amines is 1. The third-order valence-electron chi connectivity index (χ3n) is 8.94. The lowest BCUT2D eigenvalue weighted by atomic mass is 10.0. The highest BCUT2D eigenvalue weighted by atomic mass is 35.5. The fraction of sp³-hybridized carbons (Fsp3) is 0.256. The minimum Gasteiger partial charge on any atom is -0.507 e. The van der Waals surface area contributed by atoms with Crippen LogP contribution >= 0.6 is 69.6 Å². The van der Waals surface area contributed by atoms with Crippen LogP contribution in [0, 0.1) is 0 Å². The molecule has 0 amide bonds. The van der Waals surface area contributed by atoms with Crippen LogP contribution in [0.1, 0.15) is 71.6 Å². The van der Waals surface area contributed by atoms with Crippen molar-refractivity contribution in [3.05, 3.63) is 108 Å². The molecule has 4 aromatic heterocycles. The van der Waals surface area contributed by atoms with E-state index in [1.54, 1.807) is 6.20 Å². The Bertz CT molecular complexity index is 2450. The fourth-order valence-corrected chi connectivity index (χ4v) is 7.25. The minimum absolute atomic E-state index is 0.0165. The molecule has 0 aliphatic heterocycles. The number of hydrogen-bond donors (Lipinski definition) is 3. The molecule has 60 heavy (non-hydrogen) atoms. The van der Waals surface area contributed by atoms with E-state index in [-0.39, 0.29) is 95.1 Å². The third kappa shape index (κ3) is 9.46. The zero-order valence-electron chi connectivity index (χ0n) is 31.7. The summed E-state index contributed by atoms with van der Waals surface area (Å²) in [6.07, 6.45) is 6.43. The molecule has 21 heteroatoms. The van der Waals surface area contributed by atoms with Crippen LogP contribution in [0.3, 0.4) is 0 Å². The lowest BCUT2D eigenvalue weighted by molar-refractivity contribution is -0.144. The van der Waals surface area contributed by atoms with Crippen LogP contribution in [-0.4, -0.2) is 80.5 Å². The van der Waals surface area contributed by atoms with Crippen LogP contribution in [0.2, 0.25) is 30.4 Å². The number of hydrogen-bond acceptors (Lipinski definition) is 11. The van der Waals surface area contributed by atoms with Gasteiger partial charge in [-0.05, 0) is 43.2 Å². The van der Waals surface area contributed by atoms with Gasteiger partial charge in [-0.15, -0.1) is 10.2 Å². The Hall–Kier alpha value is -5.03. The predicted octanol–water partition coefficient (Wildman–Crippen LogP) is 9.79. The number of esters is 1. The summed E-state index contributed by atoms with van der Waals surface area (Å²) in [4.78, 5) is 43.3. The topological polar surface area (TPSA) is 192 Å². The molecular formula is C39H34Cl6N8O7. The molecule has 0 saturated heterocycles. The molecule has 0 radical (unpaired) electrons. The minimum atomic E-state index is -0.873. The molecule has 0 fully saturated rings. The van der Waals surface area contributed by atoms with E-state index in [9.17, 15) is 24.6 Å². The lowest BCUT2D eigenvalue weighted by Crippen LogP contribution is -2.14. The molecule has 0 saturated carbocycles. The summed E-state index contributed by atoms with van der Waals surface area (Å²) >= 11 is 39.5. The van der Waals surface area contributed by atoms with E-state index in [4.69, 9.17) is 79.1 Å². The molecule has 4 heterocycles. The second-order valence-electron chi connectivity index (χ2n) is 13.3. The molecular weight excluding hydrogens is 905 g/mol. The Balaban J connectivity index is 1.30. The maximum absolute atomic E-state index is 14.2. The van der Waals surface area contributed by atoms with Crippen molar-refractivity contribution in [2.24, 2.45) is 0 Å². The highest BCUT2D eigenvalue weighted by molar-refractivity contribution is 6.45. The van der Waals surface area contributed by atoms with Gasteiger partial charge in [0.2, 0.25) is 11.6 Å². The number of benzene rings is 2. The zero-order valence-corrected chi connectivity index (χ0v) is 36.3. The smallest absolute Gasteiger partial charge is 0.327 e. The maximum atomic E-state index is 14.2. The van der Waals surface area contributed by atoms with Crippen LogP contribution < -0.4 is 0 Å². The van der Waals surface area contributed by atoms with Crippen molar-refractivity contribution in [1.82, 2.24) is 39.5 Å². The van der Waals surface area contributed by atoms with Gasteiger partial charge in [0.1, 0.15) is 56.2 Å². The summed E-state index contributed by atoms with van der Waals surface area (Å²) in [5.41, 5.74) is -0.404. The summed E-state index contributed by atoms with van der Waals surface area (Å²) in [6.45, 7) is 8.74. The van der Waals surface area contributed by atoms with E-state index in [1.165, 1.54) is 45.9 Å². The maximum Gasteiger partial charge on any atom is 0.327 e. The van der Waals surface area contributed by atoms with Gasteiger partial charge in [0.25, 0.3) is 0 Å². The first kappa shape index (κ1) is 44.5. The van der Waals surface area contributed by atoms with Crippen molar-refractivity contribution in [2.45, 2.75) is 52.6 Å². The van der Waals surface area contributed by atoms with Crippen LogP contribution in [0.5, 0.6) is 11.5 Å². The van der Waals surface area contributed by atoms with Crippen LogP contribution in [0.4, 0.5) is 0 Å². The molecule has 0 spiro atoms. The quantitative estimate of drug-likeness (QED) is 0.0322.